The quantitative estimate of drug-likeness (QED) is 0.795. The SMILES string of the molecule is C[C@@H]1COCCN1c1ccc2nccc(C(=O)NCC(=O)N3CSC[C@H]3C#N)c2c1. The van der Waals surface area contributed by atoms with Crippen LogP contribution in [-0.2, 0) is 9.53 Å². The summed E-state index contributed by atoms with van der Waals surface area (Å²) in [5, 5.41) is 12.6. The Kier molecular flexibility index (Phi) is 6.06. The van der Waals surface area contributed by atoms with Crippen LogP contribution in [0.15, 0.2) is 30.5 Å². The highest BCUT2D eigenvalue weighted by Crippen LogP contribution is 2.26. The van der Waals surface area contributed by atoms with Crippen molar-refractivity contribution in [3.63, 3.8) is 0 Å². The third kappa shape index (κ3) is 4.06. The second-order valence-electron chi connectivity index (χ2n) is 7.37. The maximum atomic E-state index is 12.9. The smallest absolute Gasteiger partial charge is 0.252 e. The van der Waals surface area contributed by atoms with Crippen LogP contribution in [0.2, 0.25) is 0 Å². The van der Waals surface area contributed by atoms with E-state index in [-0.39, 0.29) is 24.4 Å². The monoisotopic (exact) mass is 425 g/mol. The molecule has 8 nitrogen and oxygen atoms in total. The van der Waals surface area contributed by atoms with E-state index in [9.17, 15) is 9.59 Å². The van der Waals surface area contributed by atoms with Crippen molar-refractivity contribution >= 4 is 40.2 Å². The molecule has 2 aromatic rings. The van der Waals surface area contributed by atoms with E-state index < -0.39 is 6.04 Å². The minimum Gasteiger partial charge on any atom is -0.377 e. The number of benzene rings is 1. The lowest BCUT2D eigenvalue weighted by molar-refractivity contribution is -0.129. The average molecular weight is 426 g/mol. The number of pyridine rings is 1. The molecule has 1 N–H and O–H groups in total. The van der Waals surface area contributed by atoms with Crippen molar-refractivity contribution in [2.75, 3.05) is 42.8 Å². The maximum Gasteiger partial charge on any atom is 0.252 e. The van der Waals surface area contributed by atoms with Crippen molar-refractivity contribution < 1.29 is 14.3 Å². The number of thioether (sulfide) groups is 1. The fourth-order valence-electron chi connectivity index (χ4n) is 3.77. The maximum absolute atomic E-state index is 12.9. The number of morpholine rings is 1. The lowest BCUT2D eigenvalue weighted by Gasteiger charge is -2.35. The van der Waals surface area contributed by atoms with Crippen LogP contribution >= 0.6 is 11.8 Å². The Labute approximate surface area is 179 Å². The van der Waals surface area contributed by atoms with Gasteiger partial charge in [-0.3, -0.25) is 14.6 Å². The van der Waals surface area contributed by atoms with Gasteiger partial charge in [-0.15, -0.1) is 11.8 Å². The Morgan fingerprint density at radius 1 is 1.40 bits per heavy atom. The van der Waals surface area contributed by atoms with Crippen molar-refractivity contribution in [2.24, 2.45) is 0 Å². The largest absolute Gasteiger partial charge is 0.377 e. The summed E-state index contributed by atoms with van der Waals surface area (Å²) < 4.78 is 5.52. The minimum atomic E-state index is -0.431. The van der Waals surface area contributed by atoms with Gasteiger partial charge in [0.05, 0.1) is 42.8 Å². The molecule has 0 bridgehead atoms. The molecule has 0 saturated carbocycles. The van der Waals surface area contributed by atoms with E-state index in [4.69, 9.17) is 10.00 Å². The molecule has 0 unspecified atom stereocenters. The summed E-state index contributed by atoms with van der Waals surface area (Å²) in [4.78, 5) is 33.4. The highest BCUT2D eigenvalue weighted by molar-refractivity contribution is 7.99. The molecule has 2 amide bonds. The average Bonchev–Trinajstić information content (AvgIpc) is 3.26. The van der Waals surface area contributed by atoms with Gasteiger partial charge >= 0.3 is 0 Å². The number of hydrogen-bond donors (Lipinski definition) is 1. The molecular weight excluding hydrogens is 402 g/mol. The van der Waals surface area contributed by atoms with Crippen LogP contribution in [-0.4, -0.2) is 71.7 Å². The summed E-state index contributed by atoms with van der Waals surface area (Å²) in [6.07, 6.45) is 1.60. The van der Waals surface area contributed by atoms with Crippen LogP contribution in [0, 0.1) is 11.3 Å². The number of amides is 2. The Morgan fingerprint density at radius 3 is 3.07 bits per heavy atom. The zero-order chi connectivity index (χ0) is 21.1. The number of nitrogens with zero attached hydrogens (tertiary/aromatic N) is 4. The first kappa shape index (κ1) is 20.4. The van der Waals surface area contributed by atoms with E-state index in [1.165, 1.54) is 16.7 Å². The van der Waals surface area contributed by atoms with Crippen LogP contribution in [0.25, 0.3) is 10.9 Å². The molecule has 2 atom stereocenters. The fraction of sp³-hybridized carbons (Fsp3) is 0.429. The predicted octanol–water partition coefficient (Wildman–Crippen LogP) is 1.61. The van der Waals surface area contributed by atoms with Gasteiger partial charge in [-0.05, 0) is 31.2 Å². The van der Waals surface area contributed by atoms with Gasteiger partial charge in [0, 0.05) is 35.6 Å². The molecule has 0 spiro atoms. The Balaban J connectivity index is 1.53. The number of nitrogens with one attached hydrogen (secondary N) is 1. The summed E-state index contributed by atoms with van der Waals surface area (Å²) in [5.41, 5.74) is 2.21. The van der Waals surface area contributed by atoms with Gasteiger partial charge in [0.1, 0.15) is 6.04 Å². The van der Waals surface area contributed by atoms with Gasteiger partial charge in [-0.1, -0.05) is 0 Å². The van der Waals surface area contributed by atoms with Gasteiger partial charge in [-0.25, -0.2) is 0 Å². The number of carbonyl (C=O) groups excluding carboxylic acids is 2. The van der Waals surface area contributed by atoms with Gasteiger partial charge in [0.25, 0.3) is 5.91 Å². The Bertz CT molecular complexity index is 1010. The molecule has 3 heterocycles. The van der Waals surface area contributed by atoms with Crippen molar-refractivity contribution in [2.45, 2.75) is 19.0 Å². The van der Waals surface area contributed by atoms with Crippen LogP contribution in [0.5, 0.6) is 0 Å². The summed E-state index contributed by atoms with van der Waals surface area (Å²) in [5.74, 6) is 0.504. The zero-order valence-electron chi connectivity index (χ0n) is 16.7. The van der Waals surface area contributed by atoms with Crippen molar-refractivity contribution in [3.8, 4) is 6.07 Å². The number of fused-ring (bicyclic) bond motifs is 1. The van der Waals surface area contributed by atoms with E-state index in [1.54, 1.807) is 12.3 Å². The first-order valence-electron chi connectivity index (χ1n) is 9.86. The number of ether oxygens (including phenoxy) is 1. The number of carbonyl (C=O) groups is 2. The third-order valence-corrected chi connectivity index (χ3v) is 6.43. The molecule has 2 aliphatic rings. The van der Waals surface area contributed by atoms with Crippen molar-refractivity contribution in [1.29, 1.82) is 5.26 Å². The molecule has 2 aliphatic heterocycles. The lowest BCUT2D eigenvalue weighted by atomic mass is 10.1. The Hall–Kier alpha value is -2.83. The van der Waals surface area contributed by atoms with Crippen LogP contribution < -0.4 is 10.2 Å². The lowest BCUT2D eigenvalue weighted by Crippen LogP contribution is -2.43. The molecule has 2 saturated heterocycles. The highest BCUT2D eigenvalue weighted by atomic mass is 32.2. The minimum absolute atomic E-state index is 0.137. The van der Waals surface area contributed by atoms with E-state index in [0.717, 1.165) is 23.1 Å². The summed E-state index contributed by atoms with van der Waals surface area (Å²) >= 11 is 1.54. The Morgan fingerprint density at radius 2 is 2.27 bits per heavy atom. The van der Waals surface area contributed by atoms with Crippen LogP contribution in [0.4, 0.5) is 5.69 Å². The second-order valence-corrected chi connectivity index (χ2v) is 8.37. The van der Waals surface area contributed by atoms with E-state index >= 15 is 0 Å². The number of anilines is 1. The third-order valence-electron chi connectivity index (χ3n) is 5.42. The van der Waals surface area contributed by atoms with E-state index in [1.807, 2.05) is 18.2 Å². The topological polar surface area (TPSA) is 98.6 Å². The van der Waals surface area contributed by atoms with Gasteiger partial charge in [0.15, 0.2) is 0 Å². The summed E-state index contributed by atoms with van der Waals surface area (Å²) in [7, 11) is 0. The fourth-order valence-corrected chi connectivity index (χ4v) is 4.87. The second kappa shape index (κ2) is 8.90. The number of hydrogen-bond acceptors (Lipinski definition) is 7. The molecule has 0 aliphatic carbocycles. The molecular formula is C21H23N5O3S. The van der Waals surface area contributed by atoms with E-state index in [0.29, 0.717) is 30.4 Å². The number of rotatable bonds is 4. The van der Waals surface area contributed by atoms with Crippen LogP contribution in [0.3, 0.4) is 0 Å². The van der Waals surface area contributed by atoms with Crippen LogP contribution in [0.1, 0.15) is 17.3 Å². The van der Waals surface area contributed by atoms with Crippen molar-refractivity contribution in [3.05, 3.63) is 36.0 Å². The molecule has 156 valence electrons. The molecule has 2 fully saturated rings. The number of aromatic nitrogens is 1. The summed E-state index contributed by atoms with van der Waals surface area (Å²) in [6, 6.07) is 9.50. The number of nitriles is 1. The molecule has 9 heteroatoms. The molecule has 0 radical (unpaired) electrons. The van der Waals surface area contributed by atoms with Gasteiger partial charge < -0.3 is 19.9 Å². The van der Waals surface area contributed by atoms with Crippen molar-refractivity contribution in [1.82, 2.24) is 15.2 Å². The van der Waals surface area contributed by atoms with Gasteiger partial charge in [-0.2, -0.15) is 5.26 Å². The molecule has 1 aromatic heterocycles. The first-order chi connectivity index (χ1) is 14.6. The summed E-state index contributed by atoms with van der Waals surface area (Å²) in [6.45, 7) is 4.10. The zero-order valence-corrected chi connectivity index (χ0v) is 17.5. The molecule has 1 aromatic carbocycles. The standard InChI is InChI=1S/C21H23N5O3S/c1-14-11-29-7-6-25(14)15-2-3-19-18(8-15)17(4-5-23-19)21(28)24-10-20(27)26-13-30-12-16(26)9-22/h2-5,8,14,16H,6-7,10-13H2,1H3,(H,24,28)/t14-,16-/m1/s1. The normalized spacial score (nSPS) is 21.5. The first-order valence-corrected chi connectivity index (χ1v) is 11.0. The predicted molar refractivity (Wildman–Crippen MR) is 115 cm³/mol. The molecule has 4 rings (SSSR count). The highest BCUT2D eigenvalue weighted by Gasteiger charge is 2.29. The van der Waals surface area contributed by atoms with Gasteiger partial charge in [0.2, 0.25) is 5.91 Å². The van der Waals surface area contributed by atoms with E-state index in [2.05, 4.69) is 28.2 Å². The molecule has 30 heavy (non-hydrogen) atoms.